The average Bonchev–Trinajstić information content (AvgIpc) is 2.06. The van der Waals surface area contributed by atoms with Crippen LogP contribution in [-0.2, 0) is 0 Å². The first-order chi connectivity index (χ1) is 4.90. The molecule has 0 nitrogen and oxygen atoms in total. The van der Waals surface area contributed by atoms with Crippen molar-refractivity contribution < 1.29 is 0 Å². The summed E-state index contributed by atoms with van der Waals surface area (Å²) in [6.07, 6.45) is 9.25. The van der Waals surface area contributed by atoms with Crippen LogP contribution in [0.5, 0.6) is 0 Å². The molecule has 3 rings (SSSR count). The van der Waals surface area contributed by atoms with Crippen LogP contribution in [0.2, 0.25) is 6.32 Å². The molecule has 1 unspecified atom stereocenters. The van der Waals surface area contributed by atoms with E-state index in [1.54, 1.807) is 32.1 Å². The second kappa shape index (κ2) is 2.60. The lowest BCUT2D eigenvalue weighted by Crippen LogP contribution is -2.30. The van der Waals surface area contributed by atoms with Gasteiger partial charge in [-0.1, -0.05) is 19.2 Å². The van der Waals surface area contributed by atoms with Crippen LogP contribution in [0.4, 0.5) is 0 Å². The molecule has 0 saturated heterocycles. The first-order valence-electron chi connectivity index (χ1n) is 4.90. The van der Waals surface area contributed by atoms with E-state index in [1.807, 2.05) is 0 Å². The van der Waals surface area contributed by atoms with E-state index >= 15 is 0 Å². The molecular weight excluding hydrogens is 119 g/mol. The molecule has 0 aromatic carbocycles. The molecule has 3 saturated carbocycles. The third-order valence-electron chi connectivity index (χ3n) is 3.72. The van der Waals surface area contributed by atoms with Crippen molar-refractivity contribution >= 4 is 7.85 Å². The van der Waals surface area contributed by atoms with Crippen molar-refractivity contribution in [1.82, 2.24) is 0 Å². The molecule has 3 aliphatic carbocycles. The molecule has 10 heavy (non-hydrogen) atoms. The Hall–Kier alpha value is 0.0649. The van der Waals surface area contributed by atoms with Crippen molar-refractivity contribution in [3.05, 3.63) is 0 Å². The maximum Gasteiger partial charge on any atom is 0.101 e. The molecule has 0 spiro atoms. The number of hydrogen-bond donors (Lipinski definition) is 0. The molecule has 2 bridgehead atoms. The summed E-state index contributed by atoms with van der Waals surface area (Å²) < 4.78 is 0. The van der Waals surface area contributed by atoms with Crippen molar-refractivity contribution in [3.63, 3.8) is 0 Å². The molecule has 0 heterocycles. The van der Waals surface area contributed by atoms with E-state index in [1.165, 1.54) is 6.32 Å². The van der Waals surface area contributed by atoms with Crippen LogP contribution in [0.3, 0.4) is 0 Å². The summed E-state index contributed by atoms with van der Waals surface area (Å²) >= 11 is 0. The molecule has 0 aromatic rings. The third kappa shape index (κ3) is 1.000. The molecule has 0 amide bonds. The van der Waals surface area contributed by atoms with Gasteiger partial charge in [-0.3, -0.25) is 0 Å². The van der Waals surface area contributed by atoms with E-state index in [4.69, 9.17) is 0 Å². The SMILES string of the molecule is BCC1CC2CCC1CC2. The molecule has 3 fully saturated rings. The van der Waals surface area contributed by atoms with Gasteiger partial charge < -0.3 is 0 Å². The largest absolute Gasteiger partial charge is 0.101 e. The van der Waals surface area contributed by atoms with Gasteiger partial charge >= 0.3 is 0 Å². The van der Waals surface area contributed by atoms with Crippen molar-refractivity contribution in [3.8, 4) is 0 Å². The van der Waals surface area contributed by atoms with Crippen LogP contribution in [-0.4, -0.2) is 7.85 Å². The van der Waals surface area contributed by atoms with Gasteiger partial charge in [0, 0.05) is 0 Å². The van der Waals surface area contributed by atoms with E-state index in [9.17, 15) is 0 Å². The van der Waals surface area contributed by atoms with Crippen molar-refractivity contribution in [2.24, 2.45) is 17.8 Å². The van der Waals surface area contributed by atoms with E-state index in [0.29, 0.717) is 0 Å². The van der Waals surface area contributed by atoms with Crippen LogP contribution in [0.15, 0.2) is 0 Å². The van der Waals surface area contributed by atoms with Crippen molar-refractivity contribution in [1.29, 1.82) is 0 Å². The Kier molecular flexibility index (Phi) is 1.75. The van der Waals surface area contributed by atoms with Gasteiger partial charge in [0.2, 0.25) is 0 Å². The maximum atomic E-state index is 2.37. The third-order valence-corrected chi connectivity index (χ3v) is 3.72. The normalized spacial score (nSPS) is 45.8. The minimum absolute atomic E-state index is 1.12. The van der Waals surface area contributed by atoms with Crippen molar-refractivity contribution in [2.75, 3.05) is 0 Å². The van der Waals surface area contributed by atoms with Gasteiger partial charge in [0.25, 0.3) is 0 Å². The second-order valence-electron chi connectivity index (χ2n) is 4.18. The van der Waals surface area contributed by atoms with Gasteiger partial charge in [-0.05, 0) is 37.0 Å². The van der Waals surface area contributed by atoms with Gasteiger partial charge in [-0.2, -0.15) is 0 Å². The summed E-state index contributed by atoms with van der Waals surface area (Å²) in [7, 11) is 2.37. The molecule has 1 atom stereocenters. The highest BCUT2D eigenvalue weighted by Crippen LogP contribution is 2.45. The Balaban J connectivity index is 2.01. The van der Waals surface area contributed by atoms with Gasteiger partial charge in [0.05, 0.1) is 0 Å². The highest BCUT2D eigenvalue weighted by Gasteiger charge is 2.33. The Morgan fingerprint density at radius 1 is 1.10 bits per heavy atom. The van der Waals surface area contributed by atoms with Crippen molar-refractivity contribution in [2.45, 2.75) is 38.4 Å². The minimum Gasteiger partial charge on any atom is -0.0780 e. The molecule has 0 radical (unpaired) electrons. The molecule has 0 aromatic heterocycles. The fourth-order valence-corrected chi connectivity index (χ4v) is 3.02. The summed E-state index contributed by atoms with van der Waals surface area (Å²) in [6.45, 7) is 0. The zero-order valence-corrected chi connectivity index (χ0v) is 6.97. The van der Waals surface area contributed by atoms with Crippen LogP contribution in [0.1, 0.15) is 32.1 Å². The molecule has 0 aliphatic heterocycles. The van der Waals surface area contributed by atoms with Crippen LogP contribution < -0.4 is 0 Å². The summed E-state index contributed by atoms with van der Waals surface area (Å²) in [6, 6.07) is 0. The van der Waals surface area contributed by atoms with Gasteiger partial charge in [-0.25, -0.2) is 0 Å². The standard InChI is InChI=1S/C9H17B/c10-6-9-5-7-1-3-8(9)4-2-7/h7-9H,1-6,10H2. The Labute approximate surface area is 64.8 Å². The first-order valence-corrected chi connectivity index (χ1v) is 4.90. The van der Waals surface area contributed by atoms with Crippen LogP contribution in [0, 0.1) is 17.8 Å². The summed E-state index contributed by atoms with van der Waals surface area (Å²) in [4.78, 5) is 0. The maximum absolute atomic E-state index is 2.37. The monoisotopic (exact) mass is 136 g/mol. The highest BCUT2D eigenvalue weighted by atomic mass is 14.4. The smallest absolute Gasteiger partial charge is 0.0780 e. The molecule has 56 valence electrons. The average molecular weight is 136 g/mol. The van der Waals surface area contributed by atoms with Gasteiger partial charge in [0.1, 0.15) is 7.85 Å². The number of hydrogen-bond acceptors (Lipinski definition) is 0. The molecule has 1 heteroatoms. The lowest BCUT2D eigenvalue weighted by Gasteiger charge is -2.42. The predicted molar refractivity (Wildman–Crippen MR) is 46.9 cm³/mol. The zero-order valence-electron chi connectivity index (χ0n) is 6.97. The molecule has 3 aliphatic rings. The summed E-state index contributed by atoms with van der Waals surface area (Å²) in [5.41, 5.74) is 0. The van der Waals surface area contributed by atoms with E-state index < -0.39 is 0 Å². The Morgan fingerprint density at radius 3 is 2.10 bits per heavy atom. The van der Waals surface area contributed by atoms with E-state index in [-0.39, 0.29) is 0 Å². The quantitative estimate of drug-likeness (QED) is 0.482. The van der Waals surface area contributed by atoms with E-state index in [2.05, 4.69) is 7.85 Å². The van der Waals surface area contributed by atoms with Gasteiger partial charge in [0.15, 0.2) is 0 Å². The van der Waals surface area contributed by atoms with Crippen LogP contribution in [0.25, 0.3) is 0 Å². The Morgan fingerprint density at radius 2 is 1.80 bits per heavy atom. The summed E-state index contributed by atoms with van der Waals surface area (Å²) in [5.74, 6) is 3.39. The second-order valence-corrected chi connectivity index (χ2v) is 4.18. The van der Waals surface area contributed by atoms with E-state index in [0.717, 1.165) is 17.8 Å². The number of fused-ring (bicyclic) bond motifs is 3. The zero-order chi connectivity index (χ0) is 6.97. The molecule has 0 N–H and O–H groups in total. The fraction of sp³-hybridized carbons (Fsp3) is 1.00. The first kappa shape index (κ1) is 6.76. The lowest BCUT2D eigenvalue weighted by atomic mass is 9.62. The minimum atomic E-state index is 1.12. The Bertz CT molecular complexity index is 114. The van der Waals surface area contributed by atoms with Gasteiger partial charge in [-0.15, -0.1) is 0 Å². The predicted octanol–water partition coefficient (Wildman–Crippen LogP) is 1.86. The highest BCUT2D eigenvalue weighted by molar-refractivity contribution is 6.08. The van der Waals surface area contributed by atoms with Crippen LogP contribution >= 0.6 is 0 Å². The lowest BCUT2D eigenvalue weighted by molar-refractivity contribution is 0.111. The number of rotatable bonds is 1. The molecular formula is C9H17B. The topological polar surface area (TPSA) is 0 Å². The summed E-state index contributed by atoms with van der Waals surface area (Å²) in [5, 5.41) is 0. The fourth-order valence-electron chi connectivity index (χ4n) is 3.02.